The Labute approximate surface area is 122 Å². The molecular formula is C15H18N4O2. The van der Waals surface area contributed by atoms with Gasteiger partial charge in [0.05, 0.1) is 0 Å². The van der Waals surface area contributed by atoms with Crippen molar-refractivity contribution >= 4 is 5.97 Å². The predicted molar refractivity (Wildman–Crippen MR) is 76.8 cm³/mol. The molecule has 0 aromatic carbocycles. The van der Waals surface area contributed by atoms with Crippen LogP contribution in [0, 0.1) is 5.92 Å². The zero-order valence-electron chi connectivity index (χ0n) is 11.8. The number of nitrogens with zero attached hydrogens (tertiary/aromatic N) is 4. The quantitative estimate of drug-likeness (QED) is 0.934. The largest absolute Gasteiger partial charge is 0.476 e. The van der Waals surface area contributed by atoms with Gasteiger partial charge in [0.1, 0.15) is 5.69 Å². The molecule has 2 aromatic rings. The van der Waals surface area contributed by atoms with E-state index in [1.165, 1.54) is 32.1 Å². The zero-order chi connectivity index (χ0) is 14.7. The molecule has 0 aliphatic heterocycles. The molecule has 0 atom stereocenters. The van der Waals surface area contributed by atoms with Crippen molar-refractivity contribution in [3.05, 3.63) is 30.2 Å². The van der Waals surface area contributed by atoms with Gasteiger partial charge in [0.2, 0.25) is 0 Å². The lowest BCUT2D eigenvalue weighted by Crippen LogP contribution is -2.16. The Morgan fingerprint density at radius 3 is 2.81 bits per heavy atom. The van der Waals surface area contributed by atoms with Gasteiger partial charge in [0.15, 0.2) is 5.69 Å². The monoisotopic (exact) mass is 286 g/mol. The fraction of sp³-hybridized carbons (Fsp3) is 0.467. The Morgan fingerprint density at radius 1 is 1.33 bits per heavy atom. The van der Waals surface area contributed by atoms with Crippen molar-refractivity contribution in [2.75, 3.05) is 0 Å². The van der Waals surface area contributed by atoms with Crippen LogP contribution in [0.2, 0.25) is 0 Å². The van der Waals surface area contributed by atoms with E-state index in [1.54, 1.807) is 23.1 Å². The summed E-state index contributed by atoms with van der Waals surface area (Å²) >= 11 is 0. The number of pyridine rings is 1. The molecule has 6 nitrogen and oxygen atoms in total. The first-order chi connectivity index (χ1) is 10.3. The SMILES string of the molecule is O=C(O)c1nnn(CC2CCCCC2)c1-c1cccnc1. The topological polar surface area (TPSA) is 80.9 Å². The second-order valence-corrected chi connectivity index (χ2v) is 5.52. The molecule has 2 heterocycles. The molecule has 1 fully saturated rings. The standard InChI is InChI=1S/C15H18N4O2/c20-15(21)13-14(12-7-4-8-16-9-12)19(18-17-13)10-11-5-2-1-3-6-11/h4,7-9,11H,1-3,5-6,10H2,(H,20,21). The van der Waals surface area contributed by atoms with Crippen molar-refractivity contribution < 1.29 is 9.90 Å². The molecular weight excluding hydrogens is 268 g/mol. The first kappa shape index (κ1) is 13.7. The molecule has 6 heteroatoms. The Bertz CT molecular complexity index is 618. The van der Waals surface area contributed by atoms with Crippen LogP contribution < -0.4 is 0 Å². The van der Waals surface area contributed by atoms with Crippen LogP contribution >= 0.6 is 0 Å². The Hall–Kier alpha value is -2.24. The van der Waals surface area contributed by atoms with Gasteiger partial charge in [-0.3, -0.25) is 4.98 Å². The average molecular weight is 286 g/mol. The molecule has 2 aromatic heterocycles. The van der Waals surface area contributed by atoms with E-state index in [9.17, 15) is 9.90 Å². The van der Waals surface area contributed by atoms with E-state index in [1.807, 2.05) is 6.07 Å². The summed E-state index contributed by atoms with van der Waals surface area (Å²) in [5, 5.41) is 17.2. The third-order valence-corrected chi connectivity index (χ3v) is 4.03. The molecule has 21 heavy (non-hydrogen) atoms. The average Bonchev–Trinajstić information content (AvgIpc) is 2.93. The summed E-state index contributed by atoms with van der Waals surface area (Å²) < 4.78 is 1.73. The first-order valence-electron chi connectivity index (χ1n) is 7.33. The second kappa shape index (κ2) is 6.03. The zero-order valence-corrected chi connectivity index (χ0v) is 11.8. The van der Waals surface area contributed by atoms with Gasteiger partial charge in [-0.1, -0.05) is 24.5 Å². The van der Waals surface area contributed by atoms with Crippen LogP contribution in [0.4, 0.5) is 0 Å². The van der Waals surface area contributed by atoms with E-state index >= 15 is 0 Å². The molecule has 1 aliphatic rings. The van der Waals surface area contributed by atoms with E-state index in [0.717, 1.165) is 12.1 Å². The van der Waals surface area contributed by atoms with Crippen LogP contribution in [0.3, 0.4) is 0 Å². The molecule has 110 valence electrons. The summed E-state index contributed by atoms with van der Waals surface area (Å²) in [6.45, 7) is 0.727. The summed E-state index contributed by atoms with van der Waals surface area (Å²) in [6, 6.07) is 3.63. The van der Waals surface area contributed by atoms with E-state index in [2.05, 4.69) is 15.3 Å². The predicted octanol–water partition coefficient (Wildman–Crippen LogP) is 2.62. The number of aromatic nitrogens is 4. The van der Waals surface area contributed by atoms with Crippen LogP contribution in [0.25, 0.3) is 11.3 Å². The minimum atomic E-state index is -1.05. The van der Waals surface area contributed by atoms with Crippen LogP contribution in [0.1, 0.15) is 42.6 Å². The van der Waals surface area contributed by atoms with Crippen LogP contribution in [0.5, 0.6) is 0 Å². The fourth-order valence-electron chi connectivity index (χ4n) is 2.99. The second-order valence-electron chi connectivity index (χ2n) is 5.52. The van der Waals surface area contributed by atoms with Gasteiger partial charge in [-0.2, -0.15) is 0 Å². The van der Waals surface area contributed by atoms with Crippen LogP contribution in [-0.4, -0.2) is 31.1 Å². The number of hydrogen-bond acceptors (Lipinski definition) is 4. The maximum atomic E-state index is 11.4. The highest BCUT2D eigenvalue weighted by Crippen LogP contribution is 2.28. The maximum absolute atomic E-state index is 11.4. The van der Waals surface area contributed by atoms with Crippen LogP contribution in [0.15, 0.2) is 24.5 Å². The lowest BCUT2D eigenvalue weighted by molar-refractivity contribution is 0.0691. The smallest absolute Gasteiger partial charge is 0.358 e. The van der Waals surface area contributed by atoms with Gasteiger partial charge >= 0.3 is 5.97 Å². The highest BCUT2D eigenvalue weighted by Gasteiger charge is 2.23. The number of carbonyl (C=O) groups is 1. The molecule has 1 aliphatic carbocycles. The minimum absolute atomic E-state index is 0.00110. The van der Waals surface area contributed by atoms with Crippen molar-refractivity contribution in [1.82, 2.24) is 20.0 Å². The Morgan fingerprint density at radius 2 is 2.14 bits per heavy atom. The number of rotatable bonds is 4. The van der Waals surface area contributed by atoms with Crippen molar-refractivity contribution in [3.8, 4) is 11.3 Å². The van der Waals surface area contributed by atoms with Gasteiger partial charge in [-0.25, -0.2) is 9.48 Å². The summed E-state index contributed by atoms with van der Waals surface area (Å²) in [7, 11) is 0. The van der Waals surface area contributed by atoms with Crippen molar-refractivity contribution in [1.29, 1.82) is 0 Å². The third-order valence-electron chi connectivity index (χ3n) is 4.03. The number of carboxylic acids is 1. The summed E-state index contributed by atoms with van der Waals surface area (Å²) in [5.41, 5.74) is 1.30. The number of carboxylic acid groups (broad SMARTS) is 1. The molecule has 3 rings (SSSR count). The molecule has 0 radical (unpaired) electrons. The lowest BCUT2D eigenvalue weighted by Gasteiger charge is -2.21. The van der Waals surface area contributed by atoms with E-state index in [4.69, 9.17) is 0 Å². The lowest BCUT2D eigenvalue weighted by atomic mass is 9.89. The molecule has 0 saturated heterocycles. The summed E-state index contributed by atoms with van der Waals surface area (Å²) in [6.07, 6.45) is 9.45. The highest BCUT2D eigenvalue weighted by atomic mass is 16.4. The number of hydrogen-bond donors (Lipinski definition) is 1. The number of aromatic carboxylic acids is 1. The Kier molecular flexibility index (Phi) is 3.94. The first-order valence-corrected chi connectivity index (χ1v) is 7.33. The van der Waals surface area contributed by atoms with Crippen LogP contribution in [-0.2, 0) is 6.54 Å². The van der Waals surface area contributed by atoms with Crippen molar-refractivity contribution in [2.24, 2.45) is 5.92 Å². The molecule has 0 amide bonds. The Balaban J connectivity index is 1.95. The van der Waals surface area contributed by atoms with Gasteiger partial charge in [-0.15, -0.1) is 5.10 Å². The van der Waals surface area contributed by atoms with Gasteiger partial charge in [0.25, 0.3) is 0 Å². The highest BCUT2D eigenvalue weighted by molar-refractivity contribution is 5.92. The molecule has 1 saturated carbocycles. The molecule has 0 unspecified atom stereocenters. The third kappa shape index (κ3) is 2.94. The van der Waals surface area contributed by atoms with Crippen molar-refractivity contribution in [2.45, 2.75) is 38.6 Å². The molecule has 0 spiro atoms. The summed E-state index contributed by atoms with van der Waals surface area (Å²) in [5.74, 6) is -0.499. The molecule has 1 N–H and O–H groups in total. The van der Waals surface area contributed by atoms with E-state index in [0.29, 0.717) is 11.6 Å². The fourth-order valence-corrected chi connectivity index (χ4v) is 2.99. The van der Waals surface area contributed by atoms with Crippen molar-refractivity contribution in [3.63, 3.8) is 0 Å². The van der Waals surface area contributed by atoms with E-state index < -0.39 is 5.97 Å². The maximum Gasteiger partial charge on any atom is 0.358 e. The summed E-state index contributed by atoms with van der Waals surface area (Å²) in [4.78, 5) is 15.4. The van der Waals surface area contributed by atoms with Gasteiger partial charge in [0, 0.05) is 24.5 Å². The van der Waals surface area contributed by atoms with E-state index in [-0.39, 0.29) is 5.69 Å². The molecule has 0 bridgehead atoms. The minimum Gasteiger partial charge on any atom is -0.476 e. The normalized spacial score (nSPS) is 16.0. The van der Waals surface area contributed by atoms with Gasteiger partial charge < -0.3 is 5.11 Å². The van der Waals surface area contributed by atoms with Gasteiger partial charge in [-0.05, 0) is 30.9 Å².